The molecule has 116 valence electrons. The molecule has 1 fully saturated rings. The van der Waals surface area contributed by atoms with Crippen molar-refractivity contribution in [2.24, 2.45) is 11.7 Å². The molecule has 1 unspecified atom stereocenters. The van der Waals surface area contributed by atoms with Crippen molar-refractivity contribution in [3.63, 3.8) is 0 Å². The number of hydrogen-bond donors (Lipinski definition) is 2. The number of amides is 1. The van der Waals surface area contributed by atoms with Crippen LogP contribution in [-0.2, 0) is 17.9 Å². The molecular formula is C17H27N3O. The first-order valence-corrected chi connectivity index (χ1v) is 7.80. The molecular weight excluding hydrogens is 262 g/mol. The van der Waals surface area contributed by atoms with Crippen molar-refractivity contribution in [2.75, 3.05) is 14.1 Å². The van der Waals surface area contributed by atoms with Crippen molar-refractivity contribution in [1.82, 2.24) is 10.2 Å². The topological polar surface area (TPSA) is 58.4 Å². The highest BCUT2D eigenvalue weighted by Gasteiger charge is 2.23. The predicted molar refractivity (Wildman–Crippen MR) is 85.6 cm³/mol. The standard InChI is InChI=1S/C17H27N3O/c1-20(2)12-15-7-5-14(6-8-15)11-19-17(21)16(18)10-9-13-3-4-13/h5-8,13,16H,3-4,9-12,18H2,1-2H3,(H,19,21). The van der Waals surface area contributed by atoms with E-state index in [0.29, 0.717) is 6.54 Å². The number of carbonyl (C=O) groups excluding carboxylic acids is 1. The fraction of sp³-hybridized carbons (Fsp3) is 0.588. The van der Waals surface area contributed by atoms with Gasteiger partial charge < -0.3 is 16.0 Å². The van der Waals surface area contributed by atoms with E-state index >= 15 is 0 Å². The highest BCUT2D eigenvalue weighted by molar-refractivity contribution is 5.81. The average Bonchev–Trinajstić information content (AvgIpc) is 3.27. The first-order valence-electron chi connectivity index (χ1n) is 7.80. The predicted octanol–water partition coefficient (Wildman–Crippen LogP) is 1.88. The van der Waals surface area contributed by atoms with E-state index in [0.717, 1.165) is 30.9 Å². The summed E-state index contributed by atoms with van der Waals surface area (Å²) in [6.45, 7) is 1.48. The van der Waals surface area contributed by atoms with Gasteiger partial charge in [0.15, 0.2) is 0 Å². The van der Waals surface area contributed by atoms with Crippen LogP contribution >= 0.6 is 0 Å². The van der Waals surface area contributed by atoms with Crippen molar-refractivity contribution < 1.29 is 4.79 Å². The quantitative estimate of drug-likeness (QED) is 0.768. The second kappa shape index (κ2) is 7.57. The van der Waals surface area contributed by atoms with Gasteiger partial charge in [-0.15, -0.1) is 0 Å². The summed E-state index contributed by atoms with van der Waals surface area (Å²) in [6.07, 6.45) is 4.52. The van der Waals surface area contributed by atoms with E-state index in [-0.39, 0.29) is 11.9 Å². The van der Waals surface area contributed by atoms with Gasteiger partial charge in [0, 0.05) is 13.1 Å². The number of rotatable bonds is 8. The van der Waals surface area contributed by atoms with Gasteiger partial charge >= 0.3 is 0 Å². The summed E-state index contributed by atoms with van der Waals surface area (Å²) < 4.78 is 0. The normalized spacial score (nSPS) is 16.0. The molecule has 21 heavy (non-hydrogen) atoms. The van der Waals surface area contributed by atoms with E-state index < -0.39 is 0 Å². The van der Waals surface area contributed by atoms with Gasteiger partial charge in [-0.3, -0.25) is 4.79 Å². The SMILES string of the molecule is CN(C)Cc1ccc(CNC(=O)C(N)CCC2CC2)cc1. The first-order chi connectivity index (χ1) is 10.0. The second-order valence-electron chi connectivity index (χ2n) is 6.40. The van der Waals surface area contributed by atoms with Gasteiger partial charge in [-0.1, -0.05) is 37.1 Å². The molecule has 1 aliphatic rings. The fourth-order valence-electron chi connectivity index (χ4n) is 2.40. The lowest BCUT2D eigenvalue weighted by Crippen LogP contribution is -2.40. The Hall–Kier alpha value is -1.39. The Balaban J connectivity index is 1.72. The van der Waals surface area contributed by atoms with E-state index in [1.54, 1.807) is 0 Å². The fourth-order valence-corrected chi connectivity index (χ4v) is 2.40. The first kappa shape index (κ1) is 16.0. The zero-order valence-corrected chi connectivity index (χ0v) is 13.1. The molecule has 1 amide bonds. The van der Waals surface area contributed by atoms with Gasteiger partial charge in [-0.2, -0.15) is 0 Å². The minimum Gasteiger partial charge on any atom is -0.351 e. The van der Waals surface area contributed by atoms with Crippen LogP contribution in [0, 0.1) is 5.92 Å². The maximum Gasteiger partial charge on any atom is 0.237 e. The molecule has 0 radical (unpaired) electrons. The van der Waals surface area contributed by atoms with Crippen LogP contribution < -0.4 is 11.1 Å². The maximum absolute atomic E-state index is 11.9. The van der Waals surface area contributed by atoms with Gasteiger partial charge in [-0.05, 0) is 44.0 Å². The lowest BCUT2D eigenvalue weighted by molar-refractivity contribution is -0.122. The zero-order chi connectivity index (χ0) is 15.2. The summed E-state index contributed by atoms with van der Waals surface area (Å²) in [4.78, 5) is 14.1. The zero-order valence-electron chi connectivity index (χ0n) is 13.1. The van der Waals surface area contributed by atoms with Crippen LogP contribution in [0.5, 0.6) is 0 Å². The third-order valence-electron chi connectivity index (χ3n) is 3.91. The van der Waals surface area contributed by atoms with Gasteiger partial charge in [0.2, 0.25) is 5.91 Å². The third kappa shape index (κ3) is 5.86. The van der Waals surface area contributed by atoms with Gasteiger partial charge in [0.1, 0.15) is 0 Å². The lowest BCUT2D eigenvalue weighted by atomic mass is 10.1. The summed E-state index contributed by atoms with van der Waals surface area (Å²) in [5.41, 5.74) is 8.30. The van der Waals surface area contributed by atoms with E-state index in [2.05, 4.69) is 48.6 Å². The van der Waals surface area contributed by atoms with Crippen molar-refractivity contribution in [1.29, 1.82) is 0 Å². The average molecular weight is 289 g/mol. The largest absolute Gasteiger partial charge is 0.351 e. The molecule has 0 aromatic heterocycles. The molecule has 1 saturated carbocycles. The van der Waals surface area contributed by atoms with Crippen LogP contribution in [-0.4, -0.2) is 30.9 Å². The number of nitrogens with one attached hydrogen (secondary N) is 1. The molecule has 2 rings (SSSR count). The second-order valence-corrected chi connectivity index (χ2v) is 6.40. The Kier molecular flexibility index (Phi) is 5.76. The van der Waals surface area contributed by atoms with Gasteiger partial charge in [0.25, 0.3) is 0 Å². The number of nitrogens with two attached hydrogens (primary N) is 1. The van der Waals surface area contributed by atoms with Crippen LogP contribution in [0.4, 0.5) is 0 Å². The minimum atomic E-state index is -0.362. The Morgan fingerprint density at radius 1 is 1.29 bits per heavy atom. The van der Waals surface area contributed by atoms with Crippen molar-refractivity contribution >= 4 is 5.91 Å². The molecule has 0 bridgehead atoms. The van der Waals surface area contributed by atoms with E-state index in [1.807, 2.05) is 0 Å². The summed E-state index contributed by atoms with van der Waals surface area (Å²) in [7, 11) is 4.11. The third-order valence-corrected chi connectivity index (χ3v) is 3.91. The van der Waals surface area contributed by atoms with E-state index in [9.17, 15) is 4.79 Å². The maximum atomic E-state index is 11.9. The number of nitrogens with zero attached hydrogens (tertiary/aromatic N) is 1. The van der Waals surface area contributed by atoms with Crippen molar-refractivity contribution in [3.05, 3.63) is 35.4 Å². The van der Waals surface area contributed by atoms with Crippen LogP contribution in [0.25, 0.3) is 0 Å². The van der Waals surface area contributed by atoms with E-state index in [1.165, 1.54) is 18.4 Å². The molecule has 1 aliphatic carbocycles. The molecule has 4 heteroatoms. The molecule has 1 aromatic carbocycles. The molecule has 3 N–H and O–H groups in total. The van der Waals surface area contributed by atoms with Crippen LogP contribution in [0.15, 0.2) is 24.3 Å². The Bertz CT molecular complexity index is 452. The van der Waals surface area contributed by atoms with E-state index in [4.69, 9.17) is 5.73 Å². The number of carbonyl (C=O) groups is 1. The highest BCUT2D eigenvalue weighted by atomic mass is 16.2. The number of benzene rings is 1. The molecule has 0 saturated heterocycles. The van der Waals surface area contributed by atoms with Crippen molar-refractivity contribution in [2.45, 2.75) is 44.8 Å². The summed E-state index contributed by atoms with van der Waals surface area (Å²) in [6, 6.07) is 7.98. The molecule has 4 nitrogen and oxygen atoms in total. The Labute approximate surface area is 127 Å². The molecule has 0 spiro atoms. The molecule has 1 atom stereocenters. The molecule has 1 aromatic rings. The Morgan fingerprint density at radius 2 is 1.90 bits per heavy atom. The van der Waals surface area contributed by atoms with Gasteiger partial charge in [0.05, 0.1) is 6.04 Å². The molecule has 0 aliphatic heterocycles. The minimum absolute atomic E-state index is 0.0342. The van der Waals surface area contributed by atoms with Gasteiger partial charge in [-0.25, -0.2) is 0 Å². The smallest absolute Gasteiger partial charge is 0.237 e. The lowest BCUT2D eigenvalue weighted by Gasteiger charge is -2.13. The highest BCUT2D eigenvalue weighted by Crippen LogP contribution is 2.33. The molecule has 0 heterocycles. The summed E-state index contributed by atoms with van der Waals surface area (Å²) in [5, 5.41) is 2.93. The van der Waals surface area contributed by atoms with Crippen LogP contribution in [0.3, 0.4) is 0 Å². The summed E-state index contributed by atoms with van der Waals surface area (Å²) >= 11 is 0. The summed E-state index contributed by atoms with van der Waals surface area (Å²) in [5.74, 6) is 0.793. The monoisotopic (exact) mass is 289 g/mol. The number of hydrogen-bond acceptors (Lipinski definition) is 3. The van der Waals surface area contributed by atoms with Crippen molar-refractivity contribution in [3.8, 4) is 0 Å². The van der Waals surface area contributed by atoms with Crippen LogP contribution in [0.2, 0.25) is 0 Å². The Morgan fingerprint density at radius 3 is 2.48 bits per heavy atom. The van der Waals surface area contributed by atoms with Crippen LogP contribution in [0.1, 0.15) is 36.8 Å².